The van der Waals surface area contributed by atoms with Crippen LogP contribution >= 0.6 is 0 Å². The second-order valence-corrected chi connectivity index (χ2v) is 5.01. The minimum Gasteiger partial charge on any atom is -0.367 e. The first-order chi connectivity index (χ1) is 10.2. The van der Waals surface area contributed by atoms with Gasteiger partial charge in [0, 0.05) is 24.3 Å². The van der Waals surface area contributed by atoms with Crippen LogP contribution in [0.4, 0.5) is 5.69 Å². The lowest BCUT2D eigenvalue weighted by molar-refractivity contribution is 0.830. The van der Waals surface area contributed by atoms with Crippen molar-refractivity contribution in [3.05, 3.63) is 65.2 Å². The highest BCUT2D eigenvalue weighted by molar-refractivity contribution is 5.50. The molecular formula is C19H22N2. The third-order valence-corrected chi connectivity index (χ3v) is 3.48. The maximum Gasteiger partial charge on any atom is 0.0555 e. The molecule has 0 atom stereocenters. The van der Waals surface area contributed by atoms with Crippen LogP contribution in [0.2, 0.25) is 0 Å². The molecule has 0 bridgehead atoms. The van der Waals surface area contributed by atoms with Gasteiger partial charge in [0.05, 0.1) is 6.54 Å². The minimum atomic E-state index is 0.393. The molecule has 0 amide bonds. The Morgan fingerprint density at radius 3 is 2.43 bits per heavy atom. The van der Waals surface area contributed by atoms with Gasteiger partial charge in [-0.1, -0.05) is 47.7 Å². The van der Waals surface area contributed by atoms with Crippen molar-refractivity contribution in [2.75, 3.05) is 18.0 Å². The lowest BCUT2D eigenvalue weighted by Crippen LogP contribution is -2.22. The molecular weight excluding hydrogens is 256 g/mol. The molecule has 0 spiro atoms. The maximum atomic E-state index is 5.48. The molecule has 0 fully saturated rings. The van der Waals surface area contributed by atoms with Crippen molar-refractivity contribution >= 4 is 5.69 Å². The number of anilines is 1. The van der Waals surface area contributed by atoms with Crippen molar-refractivity contribution in [1.29, 1.82) is 0 Å². The van der Waals surface area contributed by atoms with Gasteiger partial charge in [-0.15, -0.1) is 0 Å². The van der Waals surface area contributed by atoms with E-state index in [-0.39, 0.29) is 0 Å². The Kier molecular flexibility index (Phi) is 5.43. The van der Waals surface area contributed by atoms with Gasteiger partial charge in [0.15, 0.2) is 0 Å². The van der Waals surface area contributed by atoms with E-state index >= 15 is 0 Å². The van der Waals surface area contributed by atoms with Gasteiger partial charge in [0.1, 0.15) is 0 Å². The molecule has 2 heteroatoms. The summed E-state index contributed by atoms with van der Waals surface area (Å²) in [6.45, 7) is 6.49. The first-order valence-electron chi connectivity index (χ1n) is 7.33. The predicted molar refractivity (Wildman–Crippen MR) is 90.3 cm³/mol. The molecule has 0 radical (unpaired) electrons. The third kappa shape index (κ3) is 4.11. The second kappa shape index (κ2) is 7.52. The Hall–Kier alpha value is -2.24. The number of hydrogen-bond acceptors (Lipinski definition) is 2. The topological polar surface area (TPSA) is 29.3 Å². The predicted octanol–water partition coefficient (Wildman–Crippen LogP) is 3.33. The molecule has 0 aliphatic rings. The second-order valence-electron chi connectivity index (χ2n) is 5.01. The summed E-state index contributed by atoms with van der Waals surface area (Å²) in [7, 11) is 0. The van der Waals surface area contributed by atoms with E-state index in [4.69, 9.17) is 5.73 Å². The molecule has 0 aliphatic heterocycles. The van der Waals surface area contributed by atoms with Crippen LogP contribution in [0.15, 0.2) is 48.5 Å². The zero-order valence-corrected chi connectivity index (χ0v) is 12.8. The van der Waals surface area contributed by atoms with Gasteiger partial charge in [-0.2, -0.15) is 0 Å². The van der Waals surface area contributed by atoms with Crippen LogP contribution in [0.5, 0.6) is 0 Å². The van der Waals surface area contributed by atoms with Gasteiger partial charge < -0.3 is 10.6 Å². The quantitative estimate of drug-likeness (QED) is 0.869. The van der Waals surface area contributed by atoms with Crippen LogP contribution in [0, 0.1) is 18.8 Å². The summed E-state index contributed by atoms with van der Waals surface area (Å²) in [5.74, 6) is 6.10. The number of aryl methyl sites for hydroxylation is 1. The van der Waals surface area contributed by atoms with E-state index in [1.165, 1.54) is 16.8 Å². The van der Waals surface area contributed by atoms with E-state index in [1.54, 1.807) is 0 Å². The highest BCUT2D eigenvalue weighted by Gasteiger charge is 2.07. The standard InChI is InChI=1S/C19H22N2/c1-3-21(19-12-10-16(2)11-13-19)15-18-8-5-4-7-17(18)9-6-14-20/h4-5,7-8,10-13H,3,14-15,20H2,1-2H3. The van der Waals surface area contributed by atoms with Crippen LogP contribution in [0.25, 0.3) is 0 Å². The monoisotopic (exact) mass is 278 g/mol. The molecule has 0 saturated heterocycles. The van der Waals surface area contributed by atoms with Gasteiger partial charge in [-0.3, -0.25) is 0 Å². The molecule has 2 N–H and O–H groups in total. The van der Waals surface area contributed by atoms with Crippen molar-refractivity contribution < 1.29 is 0 Å². The summed E-state index contributed by atoms with van der Waals surface area (Å²) in [6.07, 6.45) is 0. The van der Waals surface area contributed by atoms with Gasteiger partial charge in [0.2, 0.25) is 0 Å². The average molecular weight is 278 g/mol. The first kappa shape index (κ1) is 15.2. The SMILES string of the molecule is CCN(Cc1ccccc1C#CCN)c1ccc(C)cc1. The summed E-state index contributed by atoms with van der Waals surface area (Å²) in [4.78, 5) is 2.35. The van der Waals surface area contributed by atoms with Crippen LogP contribution in [0.1, 0.15) is 23.6 Å². The molecule has 2 nitrogen and oxygen atoms in total. The van der Waals surface area contributed by atoms with Gasteiger partial charge in [-0.25, -0.2) is 0 Å². The smallest absolute Gasteiger partial charge is 0.0555 e. The summed E-state index contributed by atoms with van der Waals surface area (Å²) < 4.78 is 0. The largest absolute Gasteiger partial charge is 0.367 e. The van der Waals surface area contributed by atoms with Crippen LogP contribution in [-0.4, -0.2) is 13.1 Å². The number of nitrogens with two attached hydrogens (primary N) is 1. The lowest BCUT2D eigenvalue weighted by atomic mass is 10.1. The fourth-order valence-electron chi connectivity index (χ4n) is 2.27. The number of hydrogen-bond donors (Lipinski definition) is 1. The molecule has 0 saturated carbocycles. The average Bonchev–Trinajstić information content (AvgIpc) is 2.52. The van der Waals surface area contributed by atoms with E-state index in [1.807, 2.05) is 6.07 Å². The normalized spacial score (nSPS) is 9.86. The Balaban J connectivity index is 2.24. The maximum absolute atomic E-state index is 5.48. The van der Waals surface area contributed by atoms with Crippen molar-refractivity contribution in [3.8, 4) is 11.8 Å². The van der Waals surface area contributed by atoms with E-state index in [0.717, 1.165) is 18.7 Å². The van der Waals surface area contributed by atoms with Crippen molar-refractivity contribution in [2.45, 2.75) is 20.4 Å². The summed E-state index contributed by atoms with van der Waals surface area (Å²) in [5, 5.41) is 0. The fourth-order valence-corrected chi connectivity index (χ4v) is 2.27. The molecule has 0 unspecified atom stereocenters. The fraction of sp³-hybridized carbons (Fsp3) is 0.263. The summed E-state index contributed by atoms with van der Waals surface area (Å²) in [6, 6.07) is 16.9. The Morgan fingerprint density at radius 2 is 1.76 bits per heavy atom. The number of nitrogens with zero attached hydrogens (tertiary/aromatic N) is 1. The zero-order valence-electron chi connectivity index (χ0n) is 12.8. The summed E-state index contributed by atoms with van der Waals surface area (Å²) >= 11 is 0. The minimum absolute atomic E-state index is 0.393. The highest BCUT2D eigenvalue weighted by Crippen LogP contribution is 2.19. The van der Waals surface area contributed by atoms with Gasteiger partial charge >= 0.3 is 0 Å². The molecule has 21 heavy (non-hydrogen) atoms. The number of rotatable bonds is 4. The van der Waals surface area contributed by atoms with Crippen LogP contribution in [0.3, 0.4) is 0 Å². The van der Waals surface area contributed by atoms with E-state index in [9.17, 15) is 0 Å². The molecule has 0 heterocycles. The van der Waals surface area contributed by atoms with Crippen LogP contribution < -0.4 is 10.6 Å². The molecule has 108 valence electrons. The van der Waals surface area contributed by atoms with E-state index < -0.39 is 0 Å². The molecule has 0 aromatic heterocycles. The van der Waals surface area contributed by atoms with E-state index in [0.29, 0.717) is 6.54 Å². The first-order valence-corrected chi connectivity index (χ1v) is 7.33. The van der Waals surface area contributed by atoms with Crippen molar-refractivity contribution in [1.82, 2.24) is 0 Å². The Labute approximate surface area is 127 Å². The highest BCUT2D eigenvalue weighted by atomic mass is 15.1. The van der Waals surface area contributed by atoms with Crippen LogP contribution in [-0.2, 0) is 6.54 Å². The summed E-state index contributed by atoms with van der Waals surface area (Å²) in [5.41, 5.74) is 10.3. The molecule has 2 aromatic rings. The van der Waals surface area contributed by atoms with Crippen molar-refractivity contribution in [2.24, 2.45) is 5.73 Å². The molecule has 2 rings (SSSR count). The zero-order chi connectivity index (χ0) is 15.1. The number of benzene rings is 2. The van der Waals surface area contributed by atoms with Crippen molar-refractivity contribution in [3.63, 3.8) is 0 Å². The molecule has 2 aromatic carbocycles. The van der Waals surface area contributed by atoms with Gasteiger partial charge in [0.25, 0.3) is 0 Å². The van der Waals surface area contributed by atoms with E-state index in [2.05, 4.69) is 73.1 Å². The molecule has 0 aliphatic carbocycles. The lowest BCUT2D eigenvalue weighted by Gasteiger charge is -2.24. The Bertz CT molecular complexity index is 633. The Morgan fingerprint density at radius 1 is 1.05 bits per heavy atom. The third-order valence-electron chi connectivity index (χ3n) is 3.48. The van der Waals surface area contributed by atoms with Gasteiger partial charge in [-0.05, 0) is 37.6 Å².